The zero-order chi connectivity index (χ0) is 12.8. The Kier molecular flexibility index (Phi) is 6.00. The predicted molar refractivity (Wildman–Crippen MR) is 75.8 cm³/mol. The maximum absolute atomic E-state index is 11.8. The molecule has 17 heavy (non-hydrogen) atoms. The van der Waals surface area contributed by atoms with Gasteiger partial charge in [0.2, 0.25) is 5.91 Å². The van der Waals surface area contributed by atoms with E-state index < -0.39 is 0 Å². The Hall–Kier alpha value is -0.540. The number of halogens is 2. The van der Waals surface area contributed by atoms with Gasteiger partial charge in [-0.3, -0.25) is 4.79 Å². The fourth-order valence-corrected chi connectivity index (χ4v) is 2.45. The molecule has 2 nitrogen and oxygen atoms in total. The molecular formula is C13H17BrClNO. The molecule has 1 aromatic carbocycles. The van der Waals surface area contributed by atoms with Crippen LogP contribution in [0.1, 0.15) is 25.8 Å². The van der Waals surface area contributed by atoms with Gasteiger partial charge in [-0.15, -0.1) is 0 Å². The molecule has 2 unspecified atom stereocenters. The molecule has 0 spiro atoms. The van der Waals surface area contributed by atoms with Gasteiger partial charge in [-0.2, -0.15) is 0 Å². The summed E-state index contributed by atoms with van der Waals surface area (Å²) in [6.45, 7) is 4.07. The monoisotopic (exact) mass is 317 g/mol. The lowest BCUT2D eigenvalue weighted by Crippen LogP contribution is -2.34. The Balaban J connectivity index is 2.47. The zero-order valence-corrected chi connectivity index (χ0v) is 12.4. The summed E-state index contributed by atoms with van der Waals surface area (Å²) in [7, 11) is 0. The molecule has 0 radical (unpaired) electrons. The maximum atomic E-state index is 11.8. The lowest BCUT2D eigenvalue weighted by atomic mass is 10.1. The van der Waals surface area contributed by atoms with Crippen molar-refractivity contribution in [2.75, 3.05) is 0 Å². The number of alkyl halides is 1. The van der Waals surface area contributed by atoms with Gasteiger partial charge < -0.3 is 5.32 Å². The third-order valence-electron chi connectivity index (χ3n) is 2.39. The Morgan fingerprint density at radius 3 is 2.65 bits per heavy atom. The highest BCUT2D eigenvalue weighted by Crippen LogP contribution is 2.15. The topological polar surface area (TPSA) is 29.1 Å². The summed E-state index contributed by atoms with van der Waals surface area (Å²) in [5, 5.41) is 3.60. The Morgan fingerprint density at radius 1 is 1.41 bits per heavy atom. The predicted octanol–water partition coefficient (Wildman–Crippen LogP) is 3.56. The highest BCUT2D eigenvalue weighted by atomic mass is 79.9. The quantitative estimate of drug-likeness (QED) is 0.826. The molecule has 4 heteroatoms. The number of carbonyl (C=O) groups is 1. The highest BCUT2D eigenvalue weighted by Gasteiger charge is 2.11. The van der Waals surface area contributed by atoms with Gasteiger partial charge in [-0.25, -0.2) is 0 Å². The molecule has 2 atom stereocenters. The maximum Gasteiger partial charge on any atom is 0.224 e. The molecule has 0 fully saturated rings. The standard InChI is InChI=1S/C13H17BrClNO/c1-9(14)7-10(2)16-13(17)8-11-5-3-4-6-12(11)15/h3-6,9-10H,7-8H2,1-2H3,(H,16,17). The van der Waals surface area contributed by atoms with E-state index in [0.29, 0.717) is 16.3 Å². The summed E-state index contributed by atoms with van der Waals surface area (Å²) in [5.74, 6) is 0.0127. The largest absolute Gasteiger partial charge is 0.353 e. The lowest BCUT2D eigenvalue weighted by molar-refractivity contribution is -0.121. The molecule has 0 saturated carbocycles. The minimum atomic E-state index is 0.0127. The summed E-state index contributed by atoms with van der Waals surface area (Å²) in [6, 6.07) is 7.59. The van der Waals surface area contributed by atoms with E-state index in [9.17, 15) is 4.79 Å². The SMILES string of the molecule is CC(Br)CC(C)NC(=O)Cc1ccccc1Cl. The van der Waals surface area contributed by atoms with Crippen LogP contribution in [0.25, 0.3) is 0 Å². The number of rotatable bonds is 5. The molecule has 0 aromatic heterocycles. The first-order chi connectivity index (χ1) is 7.99. The molecule has 0 aliphatic carbocycles. The van der Waals surface area contributed by atoms with Crippen molar-refractivity contribution in [3.63, 3.8) is 0 Å². The van der Waals surface area contributed by atoms with Crippen molar-refractivity contribution in [1.82, 2.24) is 5.32 Å². The number of hydrogen-bond acceptors (Lipinski definition) is 1. The van der Waals surface area contributed by atoms with Crippen LogP contribution in [-0.4, -0.2) is 16.8 Å². The van der Waals surface area contributed by atoms with Crippen LogP contribution in [0.2, 0.25) is 5.02 Å². The van der Waals surface area contributed by atoms with Crippen molar-refractivity contribution < 1.29 is 4.79 Å². The van der Waals surface area contributed by atoms with Crippen LogP contribution in [0.4, 0.5) is 0 Å². The van der Waals surface area contributed by atoms with Gasteiger partial charge in [0.1, 0.15) is 0 Å². The first-order valence-electron chi connectivity index (χ1n) is 5.66. The Labute approximate surface area is 116 Å². The van der Waals surface area contributed by atoms with Crippen LogP contribution in [-0.2, 0) is 11.2 Å². The molecule has 1 amide bonds. The highest BCUT2D eigenvalue weighted by molar-refractivity contribution is 9.09. The average Bonchev–Trinajstić information content (AvgIpc) is 2.19. The normalized spacial score (nSPS) is 14.1. The van der Waals surface area contributed by atoms with Crippen LogP contribution >= 0.6 is 27.5 Å². The number of amides is 1. The number of benzene rings is 1. The molecule has 1 N–H and O–H groups in total. The van der Waals surface area contributed by atoms with E-state index in [2.05, 4.69) is 28.2 Å². The Morgan fingerprint density at radius 2 is 2.06 bits per heavy atom. The van der Waals surface area contributed by atoms with E-state index in [1.54, 1.807) is 6.07 Å². The second-order valence-corrected chi connectivity index (χ2v) is 6.22. The molecule has 0 aliphatic heterocycles. The molecule has 0 saturated heterocycles. The van der Waals surface area contributed by atoms with Crippen LogP contribution in [0.5, 0.6) is 0 Å². The third kappa shape index (κ3) is 5.55. The zero-order valence-electron chi connectivity index (χ0n) is 10.0. The molecule has 0 aliphatic rings. The van der Waals surface area contributed by atoms with Crippen LogP contribution in [0, 0.1) is 0 Å². The molecule has 94 valence electrons. The van der Waals surface area contributed by atoms with Gasteiger partial charge in [0.05, 0.1) is 6.42 Å². The number of nitrogens with one attached hydrogen (secondary N) is 1. The van der Waals surface area contributed by atoms with Gasteiger partial charge in [-0.1, -0.05) is 52.7 Å². The van der Waals surface area contributed by atoms with E-state index in [4.69, 9.17) is 11.6 Å². The second-order valence-electron chi connectivity index (χ2n) is 4.25. The van der Waals surface area contributed by atoms with Crippen molar-refractivity contribution >= 4 is 33.4 Å². The molecule has 0 heterocycles. The molecular weight excluding hydrogens is 302 g/mol. The Bertz CT molecular complexity index is 381. The van der Waals surface area contributed by atoms with Crippen LogP contribution in [0.3, 0.4) is 0 Å². The van der Waals surface area contributed by atoms with E-state index in [-0.39, 0.29) is 11.9 Å². The van der Waals surface area contributed by atoms with E-state index in [1.807, 2.05) is 25.1 Å². The van der Waals surface area contributed by atoms with Gasteiger partial charge in [-0.05, 0) is 25.0 Å². The van der Waals surface area contributed by atoms with Crippen molar-refractivity contribution in [1.29, 1.82) is 0 Å². The van der Waals surface area contributed by atoms with Crippen molar-refractivity contribution in [3.8, 4) is 0 Å². The van der Waals surface area contributed by atoms with Gasteiger partial charge >= 0.3 is 0 Å². The fourth-order valence-electron chi connectivity index (χ4n) is 1.69. The minimum Gasteiger partial charge on any atom is -0.353 e. The van der Waals surface area contributed by atoms with E-state index in [0.717, 1.165) is 12.0 Å². The minimum absolute atomic E-state index is 0.0127. The third-order valence-corrected chi connectivity index (χ3v) is 3.14. The van der Waals surface area contributed by atoms with Gasteiger partial charge in [0.25, 0.3) is 0 Å². The average molecular weight is 319 g/mol. The van der Waals surface area contributed by atoms with Crippen molar-refractivity contribution in [2.45, 2.75) is 37.6 Å². The van der Waals surface area contributed by atoms with Gasteiger partial charge in [0, 0.05) is 15.9 Å². The van der Waals surface area contributed by atoms with Crippen LogP contribution in [0.15, 0.2) is 24.3 Å². The summed E-state index contributed by atoms with van der Waals surface area (Å²) >= 11 is 9.47. The molecule has 0 bridgehead atoms. The molecule has 1 rings (SSSR count). The summed E-state index contributed by atoms with van der Waals surface area (Å²) < 4.78 is 0. The number of hydrogen-bond donors (Lipinski definition) is 1. The summed E-state index contributed by atoms with van der Waals surface area (Å²) in [6.07, 6.45) is 1.24. The van der Waals surface area contributed by atoms with Crippen LogP contribution < -0.4 is 5.32 Å². The lowest BCUT2D eigenvalue weighted by Gasteiger charge is -2.15. The first kappa shape index (κ1) is 14.5. The number of carbonyl (C=O) groups excluding carboxylic acids is 1. The summed E-state index contributed by atoms with van der Waals surface area (Å²) in [5.41, 5.74) is 0.866. The first-order valence-corrected chi connectivity index (χ1v) is 6.95. The molecule has 1 aromatic rings. The second kappa shape index (κ2) is 7.02. The van der Waals surface area contributed by atoms with E-state index >= 15 is 0 Å². The summed E-state index contributed by atoms with van der Waals surface area (Å²) in [4.78, 5) is 12.2. The fraction of sp³-hybridized carbons (Fsp3) is 0.462. The van der Waals surface area contributed by atoms with Crippen molar-refractivity contribution in [2.24, 2.45) is 0 Å². The smallest absolute Gasteiger partial charge is 0.224 e. The van der Waals surface area contributed by atoms with E-state index in [1.165, 1.54) is 0 Å². The van der Waals surface area contributed by atoms with Crippen molar-refractivity contribution in [3.05, 3.63) is 34.9 Å². The van der Waals surface area contributed by atoms with Gasteiger partial charge in [0.15, 0.2) is 0 Å².